The smallest absolute Gasteiger partial charge is 0.276 e. The highest BCUT2D eigenvalue weighted by Crippen LogP contribution is 2.31. The molecule has 0 radical (unpaired) electrons. The van der Waals surface area contributed by atoms with E-state index in [2.05, 4.69) is 20.5 Å². The van der Waals surface area contributed by atoms with Gasteiger partial charge in [-0.05, 0) is 51.9 Å². The van der Waals surface area contributed by atoms with Crippen LogP contribution >= 0.6 is 0 Å². The molecular weight excluding hydrogens is 334 g/mol. The molecule has 140 valence electrons. The Morgan fingerprint density at radius 3 is 2.77 bits per heavy atom. The number of carbonyl (C=O) groups excluding carboxylic acids is 1. The highest BCUT2D eigenvalue weighted by atomic mass is 16.5. The average Bonchev–Trinajstić information content (AvgIpc) is 3.31. The minimum atomic E-state index is -0.185. The average molecular weight is 359 g/mol. The minimum Gasteiger partial charge on any atom is -0.337 e. The summed E-state index contributed by atoms with van der Waals surface area (Å²) >= 11 is 0. The van der Waals surface area contributed by atoms with Gasteiger partial charge in [0.2, 0.25) is 5.89 Å². The van der Waals surface area contributed by atoms with E-state index >= 15 is 0 Å². The van der Waals surface area contributed by atoms with Crippen LogP contribution in [-0.4, -0.2) is 48.5 Å². The summed E-state index contributed by atoms with van der Waals surface area (Å²) < 4.78 is 7.15. The number of aryl methyl sites for hydroxylation is 1. The summed E-state index contributed by atoms with van der Waals surface area (Å²) in [5.41, 5.74) is 6.35. The number of nitrogens with zero attached hydrogens (tertiary/aromatic N) is 6. The third kappa shape index (κ3) is 3.35. The van der Waals surface area contributed by atoms with Gasteiger partial charge in [-0.25, -0.2) is 4.68 Å². The summed E-state index contributed by atoms with van der Waals surface area (Å²) in [6, 6.07) is 0.373. The fourth-order valence-electron chi connectivity index (χ4n) is 3.95. The third-order valence-electron chi connectivity index (χ3n) is 5.44. The molecule has 2 fully saturated rings. The molecule has 1 aliphatic carbocycles. The molecule has 2 aromatic rings. The lowest BCUT2D eigenvalue weighted by molar-refractivity contribution is 0.0555. The highest BCUT2D eigenvalue weighted by molar-refractivity contribution is 5.92. The molecule has 2 N–H and O–H groups in total. The molecule has 26 heavy (non-hydrogen) atoms. The fraction of sp³-hybridized carbons (Fsp3) is 0.706. The Morgan fingerprint density at radius 1 is 1.23 bits per heavy atom. The zero-order chi connectivity index (χ0) is 18.1. The van der Waals surface area contributed by atoms with E-state index in [4.69, 9.17) is 10.3 Å². The van der Waals surface area contributed by atoms with Crippen LogP contribution in [0.25, 0.3) is 0 Å². The topological polar surface area (TPSA) is 116 Å². The first-order valence-electron chi connectivity index (χ1n) is 9.40. The van der Waals surface area contributed by atoms with Crippen molar-refractivity contribution in [2.75, 3.05) is 6.54 Å². The fourth-order valence-corrected chi connectivity index (χ4v) is 3.95. The van der Waals surface area contributed by atoms with E-state index in [1.807, 2.05) is 4.68 Å². The van der Waals surface area contributed by atoms with E-state index in [1.165, 1.54) is 0 Å². The number of rotatable bonds is 3. The van der Waals surface area contributed by atoms with Crippen molar-refractivity contribution in [1.29, 1.82) is 0 Å². The summed E-state index contributed by atoms with van der Waals surface area (Å²) in [4.78, 5) is 19.2. The van der Waals surface area contributed by atoms with E-state index < -0.39 is 0 Å². The minimum absolute atomic E-state index is 0.121. The van der Waals surface area contributed by atoms with Crippen molar-refractivity contribution in [2.24, 2.45) is 5.73 Å². The molecular formula is C17H25N7O2. The van der Waals surface area contributed by atoms with Crippen LogP contribution in [0, 0.1) is 6.92 Å². The molecule has 1 atom stereocenters. The first-order chi connectivity index (χ1) is 12.6. The Morgan fingerprint density at radius 2 is 2.04 bits per heavy atom. The maximum absolute atomic E-state index is 13.0. The Bertz CT molecular complexity index is 763. The monoisotopic (exact) mass is 359 g/mol. The Balaban J connectivity index is 1.51. The number of piperidine rings is 1. The van der Waals surface area contributed by atoms with Crippen LogP contribution in [0.5, 0.6) is 0 Å². The molecule has 2 aliphatic rings. The van der Waals surface area contributed by atoms with E-state index in [1.54, 1.807) is 18.0 Å². The molecule has 1 saturated carbocycles. The molecule has 0 bridgehead atoms. The van der Waals surface area contributed by atoms with Gasteiger partial charge in [0.1, 0.15) is 6.04 Å². The zero-order valence-corrected chi connectivity index (χ0v) is 15.0. The molecule has 9 heteroatoms. The lowest BCUT2D eigenvalue weighted by Gasteiger charge is -2.32. The van der Waals surface area contributed by atoms with Crippen molar-refractivity contribution in [3.05, 3.63) is 23.6 Å². The molecule has 3 heterocycles. The maximum Gasteiger partial charge on any atom is 0.276 e. The molecule has 1 amide bonds. The second-order valence-electron chi connectivity index (χ2n) is 7.34. The number of carbonyl (C=O) groups is 1. The molecule has 0 unspecified atom stereocenters. The molecule has 4 rings (SSSR count). The standard InChI is InChI=1S/C17H25N7O2/c1-11-19-16(26-21-11)15-4-2-3-9-23(15)17(25)14-10-24(22-20-14)13-7-5-12(18)6-8-13/h10,12-13,15H,2-9,18H2,1H3/t12?,13?,15-/m0/s1. The first kappa shape index (κ1) is 17.1. The van der Waals surface area contributed by atoms with Crippen molar-refractivity contribution in [3.63, 3.8) is 0 Å². The van der Waals surface area contributed by atoms with Crippen molar-refractivity contribution >= 4 is 5.91 Å². The van der Waals surface area contributed by atoms with Crippen LogP contribution in [0.15, 0.2) is 10.7 Å². The van der Waals surface area contributed by atoms with Gasteiger partial charge in [0.05, 0.1) is 12.2 Å². The summed E-state index contributed by atoms with van der Waals surface area (Å²) in [6.45, 7) is 2.44. The lowest BCUT2D eigenvalue weighted by Crippen LogP contribution is -2.38. The van der Waals surface area contributed by atoms with Crippen molar-refractivity contribution in [2.45, 2.75) is 70.0 Å². The van der Waals surface area contributed by atoms with Crippen LogP contribution in [-0.2, 0) is 0 Å². The number of likely N-dealkylation sites (tertiary alicyclic amines) is 1. The van der Waals surface area contributed by atoms with Crippen molar-refractivity contribution in [3.8, 4) is 0 Å². The number of amides is 1. The van der Waals surface area contributed by atoms with Crippen LogP contribution in [0.4, 0.5) is 0 Å². The molecule has 1 saturated heterocycles. The Hall–Kier alpha value is -2.29. The second kappa shape index (κ2) is 7.14. The Labute approximate surface area is 151 Å². The summed E-state index contributed by atoms with van der Waals surface area (Å²) in [6.07, 6.45) is 8.51. The molecule has 0 aromatic carbocycles. The van der Waals surface area contributed by atoms with Crippen LogP contribution in [0.2, 0.25) is 0 Å². The van der Waals surface area contributed by atoms with Gasteiger partial charge in [-0.2, -0.15) is 4.98 Å². The number of hydrogen-bond acceptors (Lipinski definition) is 7. The van der Waals surface area contributed by atoms with Gasteiger partial charge in [-0.15, -0.1) is 5.10 Å². The zero-order valence-electron chi connectivity index (χ0n) is 15.0. The number of nitrogens with two attached hydrogens (primary N) is 1. The van der Waals surface area contributed by atoms with Gasteiger partial charge in [0.15, 0.2) is 11.5 Å². The normalized spacial score (nSPS) is 26.8. The summed E-state index contributed by atoms with van der Waals surface area (Å²) in [7, 11) is 0. The molecule has 1 aliphatic heterocycles. The van der Waals surface area contributed by atoms with Gasteiger partial charge < -0.3 is 15.2 Å². The quantitative estimate of drug-likeness (QED) is 0.888. The van der Waals surface area contributed by atoms with E-state index in [0.717, 1.165) is 44.9 Å². The second-order valence-corrected chi connectivity index (χ2v) is 7.34. The van der Waals surface area contributed by atoms with Crippen LogP contribution in [0.3, 0.4) is 0 Å². The molecule has 2 aromatic heterocycles. The van der Waals surface area contributed by atoms with E-state index in [9.17, 15) is 4.79 Å². The SMILES string of the molecule is Cc1noc([C@@H]2CCCCN2C(=O)c2cn(C3CCC(N)CC3)nn2)n1. The molecule has 9 nitrogen and oxygen atoms in total. The van der Waals surface area contributed by atoms with Gasteiger partial charge in [0.25, 0.3) is 5.91 Å². The molecule has 0 spiro atoms. The number of aromatic nitrogens is 5. The van der Waals surface area contributed by atoms with Crippen LogP contribution in [0.1, 0.15) is 79.2 Å². The van der Waals surface area contributed by atoms with Gasteiger partial charge in [0, 0.05) is 12.6 Å². The predicted molar refractivity (Wildman–Crippen MR) is 92.2 cm³/mol. The summed E-state index contributed by atoms with van der Waals surface area (Å²) in [5, 5.41) is 12.2. The van der Waals surface area contributed by atoms with E-state index in [-0.39, 0.29) is 24.0 Å². The van der Waals surface area contributed by atoms with Gasteiger partial charge in [-0.1, -0.05) is 10.4 Å². The van der Waals surface area contributed by atoms with E-state index in [0.29, 0.717) is 24.0 Å². The third-order valence-corrected chi connectivity index (χ3v) is 5.44. The highest BCUT2D eigenvalue weighted by Gasteiger charge is 2.34. The predicted octanol–water partition coefficient (Wildman–Crippen LogP) is 1.78. The Kier molecular flexibility index (Phi) is 4.71. The van der Waals surface area contributed by atoms with Crippen LogP contribution < -0.4 is 5.73 Å². The first-order valence-corrected chi connectivity index (χ1v) is 9.40. The largest absolute Gasteiger partial charge is 0.337 e. The van der Waals surface area contributed by atoms with Gasteiger partial charge in [-0.3, -0.25) is 4.79 Å². The van der Waals surface area contributed by atoms with Gasteiger partial charge >= 0.3 is 0 Å². The lowest BCUT2D eigenvalue weighted by atomic mass is 9.92. The van der Waals surface area contributed by atoms with Crippen molar-refractivity contribution < 1.29 is 9.32 Å². The maximum atomic E-state index is 13.0. The van der Waals surface area contributed by atoms with Crippen molar-refractivity contribution in [1.82, 2.24) is 30.0 Å². The summed E-state index contributed by atoms with van der Waals surface area (Å²) in [5.74, 6) is 0.966. The number of hydrogen-bond donors (Lipinski definition) is 1.